The number of Topliss-reactive ketones (excluding diaryl/α,β-unsaturated/α-hetero) is 2. The summed E-state index contributed by atoms with van der Waals surface area (Å²) in [5.41, 5.74) is 1.82. The van der Waals surface area contributed by atoms with Crippen LogP contribution in [0, 0.1) is 29.6 Å². The van der Waals surface area contributed by atoms with Crippen LogP contribution in [0.1, 0.15) is 133 Å². The van der Waals surface area contributed by atoms with Gasteiger partial charge in [0.2, 0.25) is 5.79 Å². The Morgan fingerprint density at radius 1 is 0.921 bits per heavy atom. The van der Waals surface area contributed by atoms with Crippen LogP contribution >= 0.6 is 0 Å². The van der Waals surface area contributed by atoms with Crippen LogP contribution in [-0.2, 0) is 47.3 Å². The minimum absolute atomic E-state index is 0.0265. The van der Waals surface area contributed by atoms with Gasteiger partial charge in [0, 0.05) is 52.0 Å². The average Bonchev–Trinajstić information content (AvgIpc) is 3.23. The molecule has 1 saturated carbocycles. The Balaban J connectivity index is 1.88. The molecule has 0 aromatic rings. The van der Waals surface area contributed by atoms with Gasteiger partial charge in [-0.05, 0) is 114 Å². The number of aliphatic hydroxyl groups is 2. The van der Waals surface area contributed by atoms with E-state index in [1.165, 1.54) is 4.90 Å². The zero-order valence-corrected chi connectivity index (χ0v) is 42.1. The first-order chi connectivity index (χ1) is 29.4. The molecule has 14 heteroatoms. The van der Waals surface area contributed by atoms with Crippen molar-refractivity contribution in [2.75, 3.05) is 27.9 Å². The summed E-state index contributed by atoms with van der Waals surface area (Å²) < 4.78 is 37.6. The van der Waals surface area contributed by atoms with E-state index in [9.17, 15) is 29.4 Å². The highest BCUT2D eigenvalue weighted by Crippen LogP contribution is 2.42. The third-order valence-electron chi connectivity index (χ3n) is 15.1. The molecule has 2 bridgehead atoms. The number of nitrogens with zero attached hydrogens (tertiary/aromatic N) is 1. The van der Waals surface area contributed by atoms with Crippen LogP contribution in [-0.4, -0.2) is 129 Å². The van der Waals surface area contributed by atoms with Gasteiger partial charge in [-0.25, -0.2) is 4.79 Å². The summed E-state index contributed by atoms with van der Waals surface area (Å²) in [7, 11) is 2.19. The number of amides is 1. The zero-order chi connectivity index (χ0) is 47.2. The number of hydrogen-bond donors (Lipinski definition) is 2. The predicted molar refractivity (Wildman–Crippen MR) is 244 cm³/mol. The number of hydrogen-bond acceptors (Lipinski definition) is 12. The second-order valence-electron chi connectivity index (χ2n) is 21.0. The molecule has 14 unspecified atom stereocenters. The third kappa shape index (κ3) is 12.8. The fourth-order valence-corrected chi connectivity index (χ4v) is 11.5. The van der Waals surface area contributed by atoms with Gasteiger partial charge >= 0.3 is 5.97 Å². The first kappa shape index (κ1) is 53.3. The standard InChI is InChI=1S/C49H83NO12Si/c1-15-35-23-29(2)22-30(3)24-41(58-11)44-42(59-12)26-32(5)49(56,61-44)45(53)46(54)50-21-17-16-18-36(50)47(55)60-43(31(4)25-34-19-20-37(51)40(27-34)57-10)33(6)39(28-38(35)52)62-63(13,14)48(7,8)9/h23,25,30,32-37,39-44,51,56H,15-22,24,26-28H2,1-14H3. The molecule has 0 radical (unpaired) electrons. The van der Waals surface area contributed by atoms with E-state index in [1.807, 2.05) is 27.7 Å². The molecule has 360 valence electrons. The number of cyclic esters (lactones) is 1. The van der Waals surface area contributed by atoms with Crippen molar-refractivity contribution >= 4 is 31.8 Å². The molecular weight excluding hydrogens is 823 g/mol. The van der Waals surface area contributed by atoms with E-state index in [-0.39, 0.29) is 60.5 Å². The molecule has 3 heterocycles. The van der Waals surface area contributed by atoms with Gasteiger partial charge in [-0.2, -0.15) is 0 Å². The van der Waals surface area contributed by atoms with Crippen LogP contribution < -0.4 is 0 Å². The molecule has 2 N–H and O–H groups in total. The van der Waals surface area contributed by atoms with Crippen LogP contribution in [0.15, 0.2) is 23.3 Å². The number of carbonyl (C=O) groups excluding carboxylic acids is 4. The summed E-state index contributed by atoms with van der Waals surface area (Å²) >= 11 is 0. The molecule has 0 aromatic carbocycles. The highest BCUT2D eigenvalue weighted by Gasteiger charge is 2.57. The Morgan fingerprint density at radius 2 is 1.56 bits per heavy atom. The molecule has 4 aliphatic rings. The van der Waals surface area contributed by atoms with Crippen LogP contribution in [0.2, 0.25) is 18.1 Å². The quantitative estimate of drug-likeness (QED) is 0.107. The van der Waals surface area contributed by atoms with Crippen LogP contribution in [0.25, 0.3) is 0 Å². The van der Waals surface area contributed by atoms with Gasteiger partial charge in [0.15, 0.2) is 8.32 Å². The minimum atomic E-state index is -2.52. The number of piperidine rings is 1. The number of methoxy groups -OCH3 is 3. The number of ether oxygens (including phenoxy) is 5. The van der Waals surface area contributed by atoms with Crippen LogP contribution in [0.5, 0.6) is 0 Å². The van der Waals surface area contributed by atoms with Crippen molar-refractivity contribution in [3.05, 3.63) is 23.3 Å². The molecule has 1 amide bonds. The fourth-order valence-electron chi connectivity index (χ4n) is 10.1. The Labute approximate surface area is 379 Å². The van der Waals surface area contributed by atoms with Crippen molar-refractivity contribution in [2.24, 2.45) is 29.6 Å². The van der Waals surface area contributed by atoms with E-state index < -0.39 is 86.3 Å². The molecule has 1 aliphatic carbocycles. The zero-order valence-electron chi connectivity index (χ0n) is 41.1. The van der Waals surface area contributed by atoms with Crippen molar-refractivity contribution in [1.29, 1.82) is 0 Å². The Bertz CT molecular complexity index is 1640. The van der Waals surface area contributed by atoms with Gasteiger partial charge in [-0.1, -0.05) is 66.2 Å². The average molecular weight is 906 g/mol. The van der Waals surface area contributed by atoms with Gasteiger partial charge in [-0.15, -0.1) is 0 Å². The number of allylic oxidation sites excluding steroid dienone is 3. The van der Waals surface area contributed by atoms with Gasteiger partial charge < -0.3 is 43.2 Å². The molecule has 14 atom stereocenters. The van der Waals surface area contributed by atoms with E-state index in [2.05, 4.69) is 52.9 Å². The second kappa shape index (κ2) is 22.5. The lowest BCUT2D eigenvalue weighted by Crippen LogP contribution is -2.64. The van der Waals surface area contributed by atoms with Gasteiger partial charge in [0.25, 0.3) is 11.7 Å². The van der Waals surface area contributed by atoms with E-state index >= 15 is 0 Å². The molecule has 0 aromatic heterocycles. The van der Waals surface area contributed by atoms with Crippen LogP contribution in [0.3, 0.4) is 0 Å². The summed E-state index contributed by atoms with van der Waals surface area (Å²) in [6, 6.07) is -1.11. The van der Waals surface area contributed by atoms with Crippen molar-refractivity contribution in [3.63, 3.8) is 0 Å². The maximum absolute atomic E-state index is 14.8. The Kier molecular flexibility index (Phi) is 19.0. The van der Waals surface area contributed by atoms with Crippen molar-refractivity contribution in [1.82, 2.24) is 4.90 Å². The first-order valence-electron chi connectivity index (χ1n) is 23.7. The highest BCUT2D eigenvalue weighted by molar-refractivity contribution is 6.74. The van der Waals surface area contributed by atoms with Gasteiger partial charge in [0.1, 0.15) is 24.0 Å². The summed E-state index contributed by atoms with van der Waals surface area (Å²) in [5.74, 6) is -6.88. The fraction of sp³-hybridized carbons (Fsp3) is 0.837. The smallest absolute Gasteiger partial charge is 0.329 e. The Morgan fingerprint density at radius 3 is 2.16 bits per heavy atom. The minimum Gasteiger partial charge on any atom is -0.456 e. The lowest BCUT2D eigenvalue weighted by molar-refractivity contribution is -0.302. The second-order valence-corrected chi connectivity index (χ2v) is 25.8. The summed E-state index contributed by atoms with van der Waals surface area (Å²) in [4.78, 5) is 59.5. The molecule has 0 spiro atoms. The normalized spacial score (nSPS) is 38.0. The number of esters is 1. The number of carbonyl (C=O) groups is 4. The van der Waals surface area contributed by atoms with Crippen molar-refractivity contribution in [2.45, 2.75) is 206 Å². The Hall–Kier alpha value is -2.30. The maximum Gasteiger partial charge on any atom is 0.329 e. The summed E-state index contributed by atoms with van der Waals surface area (Å²) in [6.07, 6.45) is 5.14. The van der Waals surface area contributed by atoms with Gasteiger partial charge in [-0.3, -0.25) is 14.4 Å². The van der Waals surface area contributed by atoms with Crippen molar-refractivity contribution < 1.29 is 57.5 Å². The number of rotatable bonds is 8. The maximum atomic E-state index is 14.8. The SMILES string of the molecule is CCC1C=C(C)CC(C)CC(OC)C2OC(O)(C(=O)C(=O)N3CCCCC3C(=O)OC(C(C)=CC3CCC(O)C(OC)C3)C(C)C(O[Si](C)(C)C(C)(C)C)CC1=O)C(C)CC2OC. The number of ketones is 2. The van der Waals surface area contributed by atoms with E-state index in [0.29, 0.717) is 51.4 Å². The molecular formula is C49H83NO12Si. The largest absolute Gasteiger partial charge is 0.456 e. The third-order valence-corrected chi connectivity index (χ3v) is 19.6. The van der Waals surface area contributed by atoms with E-state index in [4.69, 9.17) is 28.1 Å². The molecule has 63 heavy (non-hydrogen) atoms. The van der Waals surface area contributed by atoms with E-state index in [0.717, 1.165) is 11.1 Å². The number of aliphatic hydroxyl groups excluding tert-OH is 1. The molecule has 3 fully saturated rings. The lowest BCUT2D eigenvalue weighted by atomic mass is 9.81. The lowest BCUT2D eigenvalue weighted by Gasteiger charge is -2.47. The molecule has 3 aliphatic heterocycles. The predicted octanol–water partition coefficient (Wildman–Crippen LogP) is 7.50. The van der Waals surface area contributed by atoms with Crippen LogP contribution in [0.4, 0.5) is 0 Å². The topological polar surface area (TPSA) is 167 Å². The summed E-state index contributed by atoms with van der Waals surface area (Å²) in [6.45, 7) is 22.6. The summed E-state index contributed by atoms with van der Waals surface area (Å²) in [5, 5.41) is 22.6. The molecule has 4 rings (SSSR count). The van der Waals surface area contributed by atoms with Gasteiger partial charge in [0.05, 0.1) is 30.5 Å². The first-order valence-corrected chi connectivity index (χ1v) is 26.6. The monoisotopic (exact) mass is 906 g/mol. The van der Waals surface area contributed by atoms with Crippen molar-refractivity contribution in [3.8, 4) is 0 Å². The number of fused-ring (bicyclic) bond motifs is 3. The van der Waals surface area contributed by atoms with E-state index in [1.54, 1.807) is 28.3 Å². The molecule has 13 nitrogen and oxygen atoms in total. The molecule has 2 saturated heterocycles. The highest BCUT2D eigenvalue weighted by atomic mass is 28.4.